The van der Waals surface area contributed by atoms with Gasteiger partial charge in [0, 0.05) is 25.0 Å². The molecule has 9 heteroatoms. The molecule has 4 heterocycles. The summed E-state index contributed by atoms with van der Waals surface area (Å²) in [4.78, 5) is 39.8. The Morgan fingerprint density at radius 1 is 1.13 bits per heavy atom. The number of rotatable bonds is 5. The zero-order valence-corrected chi connectivity index (χ0v) is 16.9. The predicted molar refractivity (Wildman–Crippen MR) is 112 cm³/mol. The molecule has 1 aliphatic heterocycles. The summed E-state index contributed by atoms with van der Waals surface area (Å²) in [5.74, 6) is 0.140. The highest BCUT2D eigenvalue weighted by Crippen LogP contribution is 2.24. The minimum Gasteiger partial charge on any atom is -0.319 e. The first kappa shape index (κ1) is 18.7. The van der Waals surface area contributed by atoms with Crippen molar-refractivity contribution in [2.75, 3.05) is 16.8 Å². The fraction of sp³-hybridized carbons (Fsp3) is 0.381. The largest absolute Gasteiger partial charge is 0.319 e. The van der Waals surface area contributed by atoms with Crippen molar-refractivity contribution in [2.45, 2.75) is 45.2 Å². The Balaban J connectivity index is 1.28. The molecule has 2 aliphatic rings. The van der Waals surface area contributed by atoms with Gasteiger partial charge in [-0.15, -0.1) is 0 Å². The van der Waals surface area contributed by atoms with E-state index < -0.39 is 0 Å². The third kappa shape index (κ3) is 3.52. The van der Waals surface area contributed by atoms with Crippen LogP contribution < -0.4 is 15.5 Å². The van der Waals surface area contributed by atoms with Gasteiger partial charge in [-0.1, -0.05) is 0 Å². The van der Waals surface area contributed by atoms with E-state index in [1.165, 1.54) is 12.4 Å². The lowest BCUT2D eigenvalue weighted by atomic mass is 10.2. The molecule has 1 unspecified atom stereocenters. The van der Waals surface area contributed by atoms with Crippen molar-refractivity contribution >= 4 is 29.0 Å². The average molecular weight is 405 g/mol. The van der Waals surface area contributed by atoms with Crippen molar-refractivity contribution in [1.29, 1.82) is 0 Å². The molecule has 3 aromatic heterocycles. The number of fused-ring (bicyclic) bond motifs is 1. The van der Waals surface area contributed by atoms with Crippen molar-refractivity contribution < 1.29 is 9.59 Å². The van der Waals surface area contributed by atoms with Crippen LogP contribution in [0.4, 0.5) is 11.5 Å². The number of anilines is 2. The molecule has 0 aromatic carbocycles. The van der Waals surface area contributed by atoms with Gasteiger partial charge in [0.2, 0.25) is 5.91 Å². The van der Waals surface area contributed by atoms with Crippen molar-refractivity contribution in [2.24, 2.45) is 0 Å². The lowest BCUT2D eigenvalue weighted by Gasteiger charge is -2.16. The van der Waals surface area contributed by atoms with E-state index >= 15 is 0 Å². The molecule has 2 fully saturated rings. The first-order chi connectivity index (χ1) is 14.5. The number of pyridine rings is 1. The number of carbonyl (C=O) groups excluding carboxylic acids is 2. The predicted octanol–water partition coefficient (Wildman–Crippen LogP) is 1.85. The Morgan fingerprint density at radius 2 is 1.97 bits per heavy atom. The number of nitrogens with zero attached hydrogens (tertiary/aromatic N) is 5. The molecule has 1 saturated heterocycles. The molecule has 154 valence electrons. The van der Waals surface area contributed by atoms with Crippen LogP contribution in [0.1, 0.15) is 41.0 Å². The maximum atomic E-state index is 12.6. The zero-order valence-electron chi connectivity index (χ0n) is 16.9. The molecule has 1 aliphatic carbocycles. The molecular weight excluding hydrogens is 382 g/mol. The van der Waals surface area contributed by atoms with E-state index in [0.717, 1.165) is 36.2 Å². The van der Waals surface area contributed by atoms with Crippen LogP contribution in [0.3, 0.4) is 0 Å². The number of aromatic nitrogens is 4. The molecule has 3 aromatic rings. The van der Waals surface area contributed by atoms with Crippen molar-refractivity contribution in [3.05, 3.63) is 47.8 Å². The van der Waals surface area contributed by atoms with E-state index in [9.17, 15) is 9.59 Å². The number of nitrogens with one attached hydrogen (secondary N) is 2. The molecule has 0 radical (unpaired) electrons. The van der Waals surface area contributed by atoms with E-state index in [1.54, 1.807) is 4.90 Å². The number of hydrogen-bond donors (Lipinski definition) is 2. The van der Waals surface area contributed by atoms with E-state index in [4.69, 9.17) is 0 Å². The molecule has 2 N–H and O–H groups in total. The molecular formula is C21H23N7O2. The first-order valence-corrected chi connectivity index (χ1v) is 10.1. The molecule has 9 nitrogen and oxygen atoms in total. The Morgan fingerprint density at radius 3 is 2.70 bits per heavy atom. The van der Waals surface area contributed by atoms with Crippen LogP contribution in [0.5, 0.6) is 0 Å². The van der Waals surface area contributed by atoms with Crippen LogP contribution in [0, 0.1) is 13.8 Å². The van der Waals surface area contributed by atoms with E-state index in [0.29, 0.717) is 24.1 Å². The van der Waals surface area contributed by atoms with Crippen LogP contribution in [-0.2, 0) is 4.79 Å². The highest BCUT2D eigenvalue weighted by molar-refractivity contribution is 6.03. The standard InChI is InChI=1S/C21H23N7O2/c1-12-7-15(11-27-10-13(2)24-19(12)27)26-20(29)17-8-23-18(9-22-17)28-6-5-16(21(28)30)25-14-3-4-14/h7-11,14,16,25H,3-6H2,1-2H3,(H,26,29). The summed E-state index contributed by atoms with van der Waals surface area (Å²) in [5.41, 5.74) is 3.58. The number of aryl methyl sites for hydroxylation is 2. The maximum absolute atomic E-state index is 12.6. The summed E-state index contributed by atoms with van der Waals surface area (Å²) in [6.45, 7) is 4.48. The minimum atomic E-state index is -0.356. The van der Waals surface area contributed by atoms with Gasteiger partial charge in [-0.2, -0.15) is 0 Å². The van der Waals surface area contributed by atoms with Crippen LogP contribution >= 0.6 is 0 Å². The van der Waals surface area contributed by atoms with E-state index in [-0.39, 0.29) is 23.6 Å². The van der Waals surface area contributed by atoms with Crippen LogP contribution in [0.25, 0.3) is 5.65 Å². The molecule has 0 bridgehead atoms. The van der Waals surface area contributed by atoms with Gasteiger partial charge < -0.3 is 15.0 Å². The zero-order chi connectivity index (χ0) is 20.8. The normalized spacial score (nSPS) is 18.9. The number of amides is 2. The van der Waals surface area contributed by atoms with Gasteiger partial charge in [-0.3, -0.25) is 14.5 Å². The maximum Gasteiger partial charge on any atom is 0.275 e. The summed E-state index contributed by atoms with van der Waals surface area (Å²) in [6.07, 6.45) is 9.66. The Hall–Kier alpha value is -3.33. The topological polar surface area (TPSA) is 105 Å². The van der Waals surface area contributed by atoms with Crippen LogP contribution in [-0.4, -0.2) is 49.8 Å². The number of carbonyl (C=O) groups is 2. The average Bonchev–Trinajstić information content (AvgIpc) is 3.35. The summed E-state index contributed by atoms with van der Waals surface area (Å²) in [7, 11) is 0. The van der Waals surface area contributed by atoms with Gasteiger partial charge in [0.15, 0.2) is 5.82 Å². The molecule has 1 saturated carbocycles. The molecule has 5 rings (SSSR count). The number of imidazole rings is 1. The Bertz CT molecular complexity index is 1130. The van der Waals surface area contributed by atoms with Crippen LogP contribution in [0.15, 0.2) is 30.9 Å². The second-order valence-corrected chi connectivity index (χ2v) is 8.01. The molecule has 1 atom stereocenters. The number of hydrogen-bond acceptors (Lipinski definition) is 6. The molecule has 30 heavy (non-hydrogen) atoms. The van der Waals surface area contributed by atoms with E-state index in [2.05, 4.69) is 25.6 Å². The van der Waals surface area contributed by atoms with Gasteiger partial charge >= 0.3 is 0 Å². The van der Waals surface area contributed by atoms with Gasteiger partial charge in [0.05, 0.1) is 29.8 Å². The van der Waals surface area contributed by atoms with Gasteiger partial charge in [0.1, 0.15) is 11.3 Å². The quantitative estimate of drug-likeness (QED) is 0.671. The lowest BCUT2D eigenvalue weighted by Crippen LogP contribution is -2.39. The monoisotopic (exact) mass is 405 g/mol. The second-order valence-electron chi connectivity index (χ2n) is 8.01. The highest BCUT2D eigenvalue weighted by atomic mass is 16.2. The van der Waals surface area contributed by atoms with Gasteiger partial charge in [-0.05, 0) is 44.7 Å². The SMILES string of the molecule is Cc1cn2cc(NC(=O)c3cnc(N4CCC(NC5CC5)C4=O)cn3)cc(C)c2n1. The third-order valence-corrected chi connectivity index (χ3v) is 5.48. The fourth-order valence-corrected chi connectivity index (χ4v) is 3.83. The van der Waals surface area contributed by atoms with Crippen LogP contribution in [0.2, 0.25) is 0 Å². The van der Waals surface area contributed by atoms with E-state index in [1.807, 2.05) is 36.7 Å². The molecule has 2 amide bonds. The summed E-state index contributed by atoms with van der Waals surface area (Å²) >= 11 is 0. The smallest absolute Gasteiger partial charge is 0.275 e. The van der Waals surface area contributed by atoms with Crippen molar-refractivity contribution in [3.63, 3.8) is 0 Å². The molecule has 0 spiro atoms. The summed E-state index contributed by atoms with van der Waals surface area (Å²) in [5, 5.41) is 6.22. The van der Waals surface area contributed by atoms with Gasteiger partial charge in [-0.25, -0.2) is 15.0 Å². The third-order valence-electron chi connectivity index (χ3n) is 5.48. The van der Waals surface area contributed by atoms with Crippen molar-refractivity contribution in [1.82, 2.24) is 24.7 Å². The summed E-state index contributed by atoms with van der Waals surface area (Å²) in [6, 6.07) is 2.20. The fourth-order valence-electron chi connectivity index (χ4n) is 3.83. The summed E-state index contributed by atoms with van der Waals surface area (Å²) < 4.78 is 1.89. The second kappa shape index (κ2) is 7.17. The Labute approximate surface area is 173 Å². The first-order valence-electron chi connectivity index (χ1n) is 10.1. The van der Waals surface area contributed by atoms with Gasteiger partial charge in [0.25, 0.3) is 5.91 Å². The highest BCUT2D eigenvalue weighted by Gasteiger charge is 2.36. The lowest BCUT2D eigenvalue weighted by molar-refractivity contribution is -0.118. The van der Waals surface area contributed by atoms with Crippen molar-refractivity contribution in [3.8, 4) is 0 Å². The Kier molecular flexibility index (Phi) is 4.47. The minimum absolute atomic E-state index is 0.0211.